The van der Waals surface area contributed by atoms with E-state index in [2.05, 4.69) is 4.72 Å². The zero-order valence-corrected chi connectivity index (χ0v) is 12.4. The molecule has 2 aromatic rings. The van der Waals surface area contributed by atoms with Crippen molar-refractivity contribution >= 4 is 10.0 Å². The van der Waals surface area contributed by atoms with Crippen LogP contribution in [0.3, 0.4) is 0 Å². The van der Waals surface area contributed by atoms with Gasteiger partial charge >= 0.3 is 0 Å². The maximum Gasteiger partial charge on any atom is 0.216 e. The van der Waals surface area contributed by atoms with Gasteiger partial charge in [0.2, 0.25) is 10.0 Å². The summed E-state index contributed by atoms with van der Waals surface area (Å²) >= 11 is 0. The maximum absolute atomic E-state index is 12.8. The van der Waals surface area contributed by atoms with Crippen LogP contribution in [-0.2, 0) is 22.3 Å². The molecule has 6 heteroatoms. The summed E-state index contributed by atoms with van der Waals surface area (Å²) < 4.78 is 44.5. The second-order valence-electron chi connectivity index (χ2n) is 4.52. The van der Waals surface area contributed by atoms with Gasteiger partial charge in [-0.1, -0.05) is 30.3 Å². The van der Waals surface area contributed by atoms with Crippen molar-refractivity contribution in [2.24, 2.45) is 0 Å². The van der Waals surface area contributed by atoms with Crippen LogP contribution in [-0.4, -0.2) is 15.5 Å². The molecule has 0 atom stereocenters. The summed E-state index contributed by atoms with van der Waals surface area (Å²) in [5.74, 6) is 0.0442. The zero-order chi connectivity index (χ0) is 15.3. The molecular formula is C15H16FNO3S. The van der Waals surface area contributed by atoms with Crippen LogP contribution in [0.1, 0.15) is 11.1 Å². The number of halogens is 1. The van der Waals surface area contributed by atoms with Crippen LogP contribution >= 0.6 is 0 Å². The van der Waals surface area contributed by atoms with Crippen molar-refractivity contribution in [3.63, 3.8) is 0 Å². The van der Waals surface area contributed by atoms with Gasteiger partial charge in [0, 0.05) is 12.1 Å². The first-order valence-corrected chi connectivity index (χ1v) is 7.99. The minimum Gasteiger partial charge on any atom is -0.496 e. The van der Waals surface area contributed by atoms with E-state index in [1.807, 2.05) is 12.1 Å². The van der Waals surface area contributed by atoms with E-state index in [0.29, 0.717) is 11.3 Å². The van der Waals surface area contributed by atoms with E-state index in [0.717, 1.165) is 5.56 Å². The largest absolute Gasteiger partial charge is 0.496 e. The average molecular weight is 309 g/mol. The Hall–Kier alpha value is -1.92. The van der Waals surface area contributed by atoms with Gasteiger partial charge in [-0.25, -0.2) is 17.5 Å². The molecule has 2 aromatic carbocycles. The van der Waals surface area contributed by atoms with E-state index >= 15 is 0 Å². The van der Waals surface area contributed by atoms with Gasteiger partial charge in [0.15, 0.2) is 0 Å². The number of benzene rings is 2. The first-order chi connectivity index (χ1) is 10.00. The minimum absolute atomic E-state index is 0.146. The third-order valence-corrected chi connectivity index (χ3v) is 4.24. The van der Waals surface area contributed by atoms with Crippen LogP contribution in [0.15, 0.2) is 48.5 Å². The Kier molecular flexibility index (Phi) is 4.93. The molecule has 0 aliphatic heterocycles. The van der Waals surface area contributed by atoms with Crippen LogP contribution in [0, 0.1) is 5.82 Å². The predicted molar refractivity (Wildman–Crippen MR) is 78.9 cm³/mol. The number of rotatable bonds is 6. The molecule has 0 unspecified atom stereocenters. The van der Waals surface area contributed by atoms with E-state index in [4.69, 9.17) is 4.74 Å². The molecule has 0 aliphatic carbocycles. The van der Waals surface area contributed by atoms with Crippen LogP contribution in [0.25, 0.3) is 0 Å². The fourth-order valence-corrected chi connectivity index (χ4v) is 3.00. The maximum atomic E-state index is 12.8. The summed E-state index contributed by atoms with van der Waals surface area (Å²) in [6, 6.07) is 12.6. The van der Waals surface area contributed by atoms with Crippen molar-refractivity contribution in [1.82, 2.24) is 4.72 Å². The van der Waals surface area contributed by atoms with E-state index in [1.54, 1.807) is 12.1 Å². The molecule has 0 amide bonds. The molecule has 4 nitrogen and oxygen atoms in total. The molecule has 0 radical (unpaired) electrons. The Bertz CT molecular complexity index is 699. The Morgan fingerprint density at radius 2 is 1.76 bits per heavy atom. The highest BCUT2D eigenvalue weighted by Gasteiger charge is 2.12. The number of nitrogens with one attached hydrogen (secondary N) is 1. The second-order valence-corrected chi connectivity index (χ2v) is 6.33. The lowest BCUT2D eigenvalue weighted by Crippen LogP contribution is -2.24. The standard InChI is InChI=1S/C15H16FNO3S/c1-20-15-5-3-2-4-13(15)10-17-21(18,19)11-12-6-8-14(16)9-7-12/h2-9,17H,10-11H2,1H3. The van der Waals surface area contributed by atoms with Gasteiger partial charge in [-0.15, -0.1) is 0 Å². The number of para-hydroxylation sites is 1. The van der Waals surface area contributed by atoms with Crippen LogP contribution < -0.4 is 9.46 Å². The molecule has 0 saturated carbocycles. The van der Waals surface area contributed by atoms with Crippen LogP contribution in [0.4, 0.5) is 4.39 Å². The van der Waals surface area contributed by atoms with Gasteiger partial charge in [-0.05, 0) is 23.8 Å². The Morgan fingerprint density at radius 1 is 1.10 bits per heavy atom. The molecule has 0 aromatic heterocycles. The van der Waals surface area contributed by atoms with Gasteiger partial charge in [-0.3, -0.25) is 0 Å². The third-order valence-electron chi connectivity index (χ3n) is 2.94. The summed E-state index contributed by atoms with van der Waals surface area (Å²) in [7, 11) is -1.97. The summed E-state index contributed by atoms with van der Waals surface area (Å²) in [6.07, 6.45) is 0. The molecular weight excluding hydrogens is 293 g/mol. The first kappa shape index (κ1) is 15.5. The highest BCUT2D eigenvalue weighted by molar-refractivity contribution is 7.88. The fraction of sp³-hybridized carbons (Fsp3) is 0.200. The topological polar surface area (TPSA) is 55.4 Å². The lowest BCUT2D eigenvalue weighted by atomic mass is 10.2. The molecule has 0 saturated heterocycles. The fourth-order valence-electron chi connectivity index (χ4n) is 1.89. The molecule has 0 heterocycles. The Morgan fingerprint density at radius 3 is 2.43 bits per heavy atom. The Labute approximate surface area is 123 Å². The summed E-state index contributed by atoms with van der Waals surface area (Å²) in [5, 5.41) is 0. The van der Waals surface area contributed by atoms with Gasteiger partial charge in [0.1, 0.15) is 11.6 Å². The quantitative estimate of drug-likeness (QED) is 0.892. The van der Waals surface area contributed by atoms with Crippen molar-refractivity contribution < 1.29 is 17.5 Å². The number of methoxy groups -OCH3 is 1. The normalized spacial score (nSPS) is 11.3. The minimum atomic E-state index is -3.50. The number of hydrogen-bond acceptors (Lipinski definition) is 3. The van der Waals surface area contributed by atoms with E-state index < -0.39 is 15.8 Å². The molecule has 1 N–H and O–H groups in total. The highest BCUT2D eigenvalue weighted by Crippen LogP contribution is 2.17. The summed E-state index contributed by atoms with van der Waals surface area (Å²) in [6.45, 7) is 0.146. The average Bonchev–Trinajstić information content (AvgIpc) is 2.48. The molecule has 2 rings (SSSR count). The monoisotopic (exact) mass is 309 g/mol. The smallest absolute Gasteiger partial charge is 0.216 e. The molecule has 21 heavy (non-hydrogen) atoms. The lowest BCUT2D eigenvalue weighted by Gasteiger charge is -2.10. The van der Waals surface area contributed by atoms with Gasteiger partial charge in [0.25, 0.3) is 0 Å². The van der Waals surface area contributed by atoms with Crippen molar-refractivity contribution in [2.75, 3.05) is 7.11 Å². The van der Waals surface area contributed by atoms with Crippen molar-refractivity contribution in [3.05, 3.63) is 65.5 Å². The molecule has 0 spiro atoms. The van der Waals surface area contributed by atoms with E-state index in [-0.39, 0.29) is 12.3 Å². The predicted octanol–water partition coefficient (Wildman–Crippen LogP) is 2.45. The highest BCUT2D eigenvalue weighted by atomic mass is 32.2. The van der Waals surface area contributed by atoms with E-state index in [9.17, 15) is 12.8 Å². The molecule has 0 aliphatic rings. The zero-order valence-electron chi connectivity index (χ0n) is 11.5. The molecule has 0 fully saturated rings. The van der Waals surface area contributed by atoms with Crippen molar-refractivity contribution in [3.8, 4) is 5.75 Å². The molecule has 0 bridgehead atoms. The summed E-state index contributed by atoms with van der Waals surface area (Å²) in [4.78, 5) is 0. The van der Waals surface area contributed by atoms with E-state index in [1.165, 1.54) is 31.4 Å². The van der Waals surface area contributed by atoms with Gasteiger partial charge < -0.3 is 4.74 Å². The van der Waals surface area contributed by atoms with Crippen molar-refractivity contribution in [1.29, 1.82) is 0 Å². The van der Waals surface area contributed by atoms with Crippen molar-refractivity contribution in [2.45, 2.75) is 12.3 Å². The first-order valence-electron chi connectivity index (χ1n) is 6.34. The van der Waals surface area contributed by atoms with Gasteiger partial charge in [-0.2, -0.15) is 0 Å². The number of sulfonamides is 1. The third kappa shape index (κ3) is 4.54. The van der Waals surface area contributed by atoms with Crippen LogP contribution in [0.5, 0.6) is 5.75 Å². The SMILES string of the molecule is COc1ccccc1CNS(=O)(=O)Cc1ccc(F)cc1. The lowest BCUT2D eigenvalue weighted by molar-refractivity contribution is 0.409. The number of ether oxygens (including phenoxy) is 1. The Balaban J connectivity index is 2.02. The number of hydrogen-bond donors (Lipinski definition) is 1. The summed E-state index contributed by atoms with van der Waals surface area (Å²) in [5.41, 5.74) is 1.28. The van der Waals surface area contributed by atoms with Crippen LogP contribution in [0.2, 0.25) is 0 Å². The van der Waals surface area contributed by atoms with Gasteiger partial charge in [0.05, 0.1) is 12.9 Å². The second kappa shape index (κ2) is 6.69. The molecule has 112 valence electrons.